The molecule has 1 amide bonds. The first-order chi connectivity index (χ1) is 10.1. The van der Waals surface area contributed by atoms with E-state index in [9.17, 15) is 9.90 Å². The van der Waals surface area contributed by atoms with Gasteiger partial charge >= 0.3 is 0 Å². The minimum absolute atomic E-state index is 0.205. The van der Waals surface area contributed by atoms with Crippen molar-refractivity contribution in [2.24, 2.45) is 0 Å². The van der Waals surface area contributed by atoms with Gasteiger partial charge in [0.1, 0.15) is 12.2 Å². The first-order valence-electron chi connectivity index (χ1n) is 6.77. The highest BCUT2D eigenvalue weighted by Crippen LogP contribution is 2.16. The highest BCUT2D eigenvalue weighted by molar-refractivity contribution is 5.91. The number of amides is 1. The van der Waals surface area contributed by atoms with Crippen LogP contribution in [0.1, 0.15) is 5.56 Å². The molecule has 3 atom stereocenters. The molecular weight excluding hydrogens is 272 g/mol. The predicted molar refractivity (Wildman–Crippen MR) is 77.5 cm³/mol. The molecule has 6 nitrogen and oxygen atoms in total. The third kappa shape index (κ3) is 3.87. The van der Waals surface area contributed by atoms with E-state index in [1.54, 1.807) is 31.6 Å². The van der Waals surface area contributed by atoms with E-state index in [0.717, 1.165) is 5.56 Å². The van der Waals surface area contributed by atoms with Gasteiger partial charge in [-0.3, -0.25) is 9.78 Å². The van der Waals surface area contributed by atoms with Gasteiger partial charge < -0.3 is 19.5 Å². The van der Waals surface area contributed by atoms with Crippen LogP contribution in [0.15, 0.2) is 30.6 Å². The summed E-state index contributed by atoms with van der Waals surface area (Å²) in [5.74, 6) is -0.205. The number of carbonyl (C=O) groups is 1. The van der Waals surface area contributed by atoms with Crippen molar-refractivity contribution in [3.8, 4) is 0 Å². The molecule has 1 aromatic heterocycles. The summed E-state index contributed by atoms with van der Waals surface area (Å²) >= 11 is 0. The summed E-state index contributed by atoms with van der Waals surface area (Å²) in [4.78, 5) is 17.6. The van der Waals surface area contributed by atoms with Crippen LogP contribution in [-0.2, 0) is 14.3 Å². The fraction of sp³-hybridized carbons (Fsp3) is 0.467. The number of hydrogen-bond donors (Lipinski definition) is 1. The lowest BCUT2D eigenvalue weighted by Gasteiger charge is -2.38. The van der Waals surface area contributed by atoms with Crippen molar-refractivity contribution in [1.29, 1.82) is 0 Å². The van der Waals surface area contributed by atoms with Crippen LogP contribution in [0.25, 0.3) is 6.08 Å². The van der Waals surface area contributed by atoms with Crippen LogP contribution in [0, 0.1) is 0 Å². The van der Waals surface area contributed by atoms with Crippen molar-refractivity contribution in [1.82, 2.24) is 9.88 Å². The van der Waals surface area contributed by atoms with Crippen LogP contribution in [0.2, 0.25) is 0 Å². The fourth-order valence-electron chi connectivity index (χ4n) is 2.22. The zero-order chi connectivity index (χ0) is 15.2. The van der Waals surface area contributed by atoms with E-state index < -0.39 is 18.2 Å². The van der Waals surface area contributed by atoms with E-state index in [1.165, 1.54) is 18.1 Å². The van der Waals surface area contributed by atoms with Crippen molar-refractivity contribution in [3.05, 3.63) is 36.2 Å². The molecule has 0 aliphatic carbocycles. The first-order valence-corrected chi connectivity index (χ1v) is 6.77. The molecule has 1 aromatic rings. The number of nitrogens with zero attached hydrogens (tertiary/aromatic N) is 2. The molecule has 1 saturated heterocycles. The Labute approximate surface area is 124 Å². The van der Waals surface area contributed by atoms with Crippen LogP contribution in [0.4, 0.5) is 0 Å². The van der Waals surface area contributed by atoms with E-state index >= 15 is 0 Å². The van der Waals surface area contributed by atoms with Gasteiger partial charge in [-0.2, -0.15) is 0 Å². The minimum Gasteiger partial charge on any atom is -0.388 e. The average molecular weight is 292 g/mol. The Morgan fingerprint density at radius 3 is 3.05 bits per heavy atom. The molecule has 114 valence electrons. The van der Waals surface area contributed by atoms with Gasteiger partial charge in [-0.1, -0.05) is 6.07 Å². The normalized spacial score (nSPS) is 26.0. The molecule has 21 heavy (non-hydrogen) atoms. The molecule has 0 saturated carbocycles. The molecular formula is C15H20N2O4. The summed E-state index contributed by atoms with van der Waals surface area (Å²) < 4.78 is 10.5. The Hall–Kier alpha value is -1.76. The van der Waals surface area contributed by atoms with Crippen molar-refractivity contribution >= 4 is 12.0 Å². The van der Waals surface area contributed by atoms with E-state index in [2.05, 4.69) is 4.98 Å². The third-order valence-electron chi connectivity index (χ3n) is 3.60. The highest BCUT2D eigenvalue weighted by atomic mass is 16.5. The van der Waals surface area contributed by atoms with Crippen molar-refractivity contribution in [2.75, 3.05) is 27.4 Å². The number of hydrogen-bond acceptors (Lipinski definition) is 5. The number of methoxy groups -OCH3 is 1. The quantitative estimate of drug-likeness (QED) is 0.810. The lowest BCUT2D eigenvalue weighted by molar-refractivity contribution is -0.154. The second-order valence-corrected chi connectivity index (χ2v) is 4.94. The van der Waals surface area contributed by atoms with Crippen LogP contribution in [0.3, 0.4) is 0 Å². The van der Waals surface area contributed by atoms with Gasteiger partial charge in [-0.25, -0.2) is 0 Å². The summed E-state index contributed by atoms with van der Waals surface area (Å²) in [7, 11) is 3.16. The predicted octanol–water partition coefficient (Wildman–Crippen LogP) is 0.328. The lowest BCUT2D eigenvalue weighted by Crippen LogP contribution is -2.56. The molecule has 0 unspecified atom stereocenters. The fourth-order valence-corrected chi connectivity index (χ4v) is 2.22. The van der Waals surface area contributed by atoms with Gasteiger partial charge in [-0.15, -0.1) is 0 Å². The van der Waals surface area contributed by atoms with Crippen LogP contribution >= 0.6 is 0 Å². The number of aliphatic hydroxyl groups excluding tert-OH is 1. The van der Waals surface area contributed by atoms with Gasteiger partial charge in [0.15, 0.2) is 0 Å². The Balaban J connectivity index is 2.00. The molecule has 1 aliphatic heterocycles. The van der Waals surface area contributed by atoms with Gasteiger partial charge in [0.25, 0.3) is 0 Å². The first kappa shape index (κ1) is 15.6. The van der Waals surface area contributed by atoms with Crippen molar-refractivity contribution < 1.29 is 19.4 Å². The Morgan fingerprint density at radius 1 is 1.57 bits per heavy atom. The minimum atomic E-state index is -0.760. The maximum Gasteiger partial charge on any atom is 0.246 e. The third-order valence-corrected chi connectivity index (χ3v) is 3.60. The molecule has 2 heterocycles. The number of rotatable bonds is 4. The largest absolute Gasteiger partial charge is 0.388 e. The number of ether oxygens (including phenoxy) is 2. The second kappa shape index (κ2) is 7.31. The van der Waals surface area contributed by atoms with Gasteiger partial charge in [0.05, 0.1) is 19.3 Å². The summed E-state index contributed by atoms with van der Waals surface area (Å²) in [5, 5.41) is 10.2. The lowest BCUT2D eigenvalue weighted by atomic mass is 10.0. The average Bonchev–Trinajstić information content (AvgIpc) is 2.53. The number of likely N-dealkylation sites (N-methyl/N-ethyl adjacent to an activating group) is 1. The number of carbonyl (C=O) groups excluding carboxylic acids is 1. The van der Waals surface area contributed by atoms with Gasteiger partial charge in [-0.05, 0) is 17.7 Å². The second-order valence-electron chi connectivity index (χ2n) is 4.94. The Morgan fingerprint density at radius 2 is 2.38 bits per heavy atom. The maximum atomic E-state index is 12.2. The zero-order valence-corrected chi connectivity index (χ0v) is 12.2. The summed E-state index contributed by atoms with van der Waals surface area (Å²) in [6, 6.07) is 3.24. The maximum absolute atomic E-state index is 12.2. The molecule has 1 fully saturated rings. The SMILES string of the molecule is CO[C@@H]1COC[C@@H](N(C)C(=O)/C=C/c2cccnc2)[C@@H]1O. The molecule has 0 radical (unpaired) electrons. The smallest absolute Gasteiger partial charge is 0.246 e. The van der Waals surface area contributed by atoms with E-state index in [4.69, 9.17) is 9.47 Å². The van der Waals surface area contributed by atoms with Crippen LogP contribution in [-0.4, -0.2) is 66.5 Å². The number of aliphatic hydroxyl groups is 1. The summed E-state index contributed by atoms with van der Waals surface area (Å²) in [6.45, 7) is 0.631. The standard InChI is InChI=1S/C15H20N2O4/c1-17(12-9-21-10-13(20-2)15(12)19)14(18)6-5-11-4-3-7-16-8-11/h3-8,12-13,15,19H,9-10H2,1-2H3/b6-5+/t12-,13-,15+/m1/s1. The van der Waals surface area contributed by atoms with Crippen molar-refractivity contribution in [2.45, 2.75) is 18.2 Å². The van der Waals surface area contributed by atoms with Crippen molar-refractivity contribution in [3.63, 3.8) is 0 Å². The van der Waals surface area contributed by atoms with Crippen LogP contribution in [0.5, 0.6) is 0 Å². The van der Waals surface area contributed by atoms with E-state index in [1.807, 2.05) is 6.07 Å². The van der Waals surface area contributed by atoms with E-state index in [0.29, 0.717) is 13.2 Å². The molecule has 0 bridgehead atoms. The molecule has 0 spiro atoms. The molecule has 1 N–H and O–H groups in total. The topological polar surface area (TPSA) is 71.9 Å². The molecule has 1 aliphatic rings. The van der Waals surface area contributed by atoms with Gasteiger partial charge in [0.2, 0.25) is 5.91 Å². The summed E-state index contributed by atoms with van der Waals surface area (Å²) in [6.07, 6.45) is 5.32. The van der Waals surface area contributed by atoms with E-state index in [-0.39, 0.29) is 5.91 Å². The molecule has 2 rings (SSSR count). The molecule has 0 aromatic carbocycles. The molecule has 6 heteroatoms. The van der Waals surface area contributed by atoms with Gasteiger partial charge in [0, 0.05) is 32.6 Å². The monoisotopic (exact) mass is 292 g/mol. The number of aromatic nitrogens is 1. The Bertz CT molecular complexity index is 492. The zero-order valence-electron chi connectivity index (χ0n) is 12.2. The number of pyridine rings is 1. The van der Waals surface area contributed by atoms with Crippen LogP contribution < -0.4 is 0 Å². The highest BCUT2D eigenvalue weighted by Gasteiger charge is 2.36. The summed E-state index contributed by atoms with van der Waals surface area (Å²) in [5.41, 5.74) is 0.842. The Kier molecular flexibility index (Phi) is 5.44.